The van der Waals surface area contributed by atoms with Crippen LogP contribution in [0.2, 0.25) is 5.02 Å². The summed E-state index contributed by atoms with van der Waals surface area (Å²) < 4.78 is 2.37. The molecular weight excluding hydrogens is 366 g/mol. The Morgan fingerprint density at radius 2 is 2.00 bits per heavy atom. The van der Waals surface area contributed by atoms with Gasteiger partial charge in [-0.05, 0) is 42.8 Å². The number of nitrogens with zero attached hydrogens (tertiary/aromatic N) is 3. The summed E-state index contributed by atoms with van der Waals surface area (Å²) in [5.74, 6) is 0.255. The Labute approximate surface area is 164 Å². The fraction of sp³-hybridized carbons (Fsp3) is 0.450. The number of aromatic nitrogens is 1. The fourth-order valence-electron chi connectivity index (χ4n) is 4.14. The average molecular weight is 390 g/mol. The lowest BCUT2D eigenvalue weighted by Gasteiger charge is -2.42. The second-order valence-corrected chi connectivity index (χ2v) is 8.49. The lowest BCUT2D eigenvalue weighted by molar-refractivity contribution is -0.133. The molecule has 0 aliphatic carbocycles. The lowest BCUT2D eigenvalue weighted by atomic mass is 9.97. The summed E-state index contributed by atoms with van der Waals surface area (Å²) in [4.78, 5) is 17.8. The second kappa shape index (κ2) is 7.29. The molecule has 1 fully saturated rings. The Kier molecular flexibility index (Phi) is 5.04. The highest BCUT2D eigenvalue weighted by Gasteiger charge is 2.35. The van der Waals surface area contributed by atoms with E-state index in [0.29, 0.717) is 12.5 Å². The maximum atomic E-state index is 12.0. The molecule has 138 valence electrons. The third-order valence-corrected chi connectivity index (χ3v) is 6.89. The first-order chi connectivity index (χ1) is 12.6. The van der Waals surface area contributed by atoms with Crippen LogP contribution >= 0.6 is 23.4 Å². The molecule has 1 aromatic carbocycles. The van der Waals surface area contributed by atoms with E-state index >= 15 is 0 Å². The van der Waals surface area contributed by atoms with Gasteiger partial charge in [-0.3, -0.25) is 9.69 Å². The van der Waals surface area contributed by atoms with E-state index in [2.05, 4.69) is 46.9 Å². The fourth-order valence-corrected chi connectivity index (χ4v) is 5.46. The van der Waals surface area contributed by atoms with E-state index in [0.717, 1.165) is 31.2 Å². The van der Waals surface area contributed by atoms with Crippen LogP contribution in [-0.2, 0) is 4.79 Å². The average Bonchev–Trinajstić information content (AvgIpc) is 3.08. The van der Waals surface area contributed by atoms with Crippen LogP contribution in [0.25, 0.3) is 0 Å². The number of rotatable bonds is 2. The quantitative estimate of drug-likeness (QED) is 0.759. The third-order valence-electron chi connectivity index (χ3n) is 5.50. The molecule has 2 unspecified atom stereocenters. The minimum Gasteiger partial charge on any atom is -0.340 e. The number of piperazine rings is 1. The highest BCUT2D eigenvalue weighted by Crippen LogP contribution is 2.46. The van der Waals surface area contributed by atoms with Crippen molar-refractivity contribution in [1.82, 2.24) is 14.4 Å². The van der Waals surface area contributed by atoms with Gasteiger partial charge in [0.05, 0.1) is 17.1 Å². The Bertz CT molecular complexity index is 813. The third kappa shape index (κ3) is 3.17. The van der Waals surface area contributed by atoms with Crippen molar-refractivity contribution in [3.8, 4) is 0 Å². The second-order valence-electron chi connectivity index (χ2n) is 6.99. The molecule has 0 bridgehead atoms. The molecule has 2 aliphatic rings. The van der Waals surface area contributed by atoms with E-state index in [1.807, 2.05) is 29.7 Å². The molecule has 0 spiro atoms. The standard InChI is InChI=1S/C20H24ClN3OS/c1-3-18(25)22-9-11-23(12-10-22)20-14(2)24-8-4-5-19(24)26-17-7-6-15(21)13-16(17)20/h4-8,13-14,20H,3,9-12H2,1-2H3. The minimum atomic E-state index is 0.253. The number of carbonyl (C=O) groups excluding carboxylic acids is 1. The van der Waals surface area contributed by atoms with E-state index in [1.54, 1.807) is 0 Å². The first-order valence-electron chi connectivity index (χ1n) is 9.24. The highest BCUT2D eigenvalue weighted by molar-refractivity contribution is 7.99. The van der Waals surface area contributed by atoms with Crippen molar-refractivity contribution in [3.05, 3.63) is 47.1 Å². The van der Waals surface area contributed by atoms with Gasteiger partial charge < -0.3 is 9.47 Å². The summed E-state index contributed by atoms with van der Waals surface area (Å²) in [5.41, 5.74) is 1.30. The first-order valence-corrected chi connectivity index (χ1v) is 10.4. The van der Waals surface area contributed by atoms with Gasteiger partial charge in [0.15, 0.2) is 0 Å². The Hall–Kier alpha value is -1.43. The molecule has 1 amide bonds. The van der Waals surface area contributed by atoms with Gasteiger partial charge in [0.1, 0.15) is 0 Å². The van der Waals surface area contributed by atoms with Crippen LogP contribution in [-0.4, -0.2) is 46.5 Å². The van der Waals surface area contributed by atoms with Gasteiger partial charge in [-0.2, -0.15) is 0 Å². The van der Waals surface area contributed by atoms with Crippen molar-refractivity contribution in [2.75, 3.05) is 26.2 Å². The maximum Gasteiger partial charge on any atom is 0.222 e. The highest BCUT2D eigenvalue weighted by atomic mass is 35.5. The molecule has 26 heavy (non-hydrogen) atoms. The van der Waals surface area contributed by atoms with Crippen molar-refractivity contribution in [2.45, 2.75) is 42.3 Å². The van der Waals surface area contributed by atoms with Gasteiger partial charge in [-0.25, -0.2) is 0 Å². The van der Waals surface area contributed by atoms with E-state index in [4.69, 9.17) is 11.6 Å². The van der Waals surface area contributed by atoms with Crippen molar-refractivity contribution >= 4 is 29.3 Å². The van der Waals surface area contributed by atoms with Gasteiger partial charge in [0, 0.05) is 48.7 Å². The maximum absolute atomic E-state index is 12.0. The number of hydrogen-bond donors (Lipinski definition) is 0. The van der Waals surface area contributed by atoms with Crippen molar-refractivity contribution in [1.29, 1.82) is 0 Å². The van der Waals surface area contributed by atoms with Crippen LogP contribution in [0.5, 0.6) is 0 Å². The van der Waals surface area contributed by atoms with Crippen LogP contribution in [0, 0.1) is 0 Å². The van der Waals surface area contributed by atoms with Gasteiger partial charge in [0.25, 0.3) is 0 Å². The largest absolute Gasteiger partial charge is 0.340 e. The van der Waals surface area contributed by atoms with Crippen LogP contribution in [0.4, 0.5) is 0 Å². The summed E-state index contributed by atoms with van der Waals surface area (Å²) in [7, 11) is 0. The number of hydrogen-bond acceptors (Lipinski definition) is 3. The molecule has 2 aliphatic heterocycles. The number of amides is 1. The van der Waals surface area contributed by atoms with Crippen LogP contribution in [0.15, 0.2) is 46.5 Å². The monoisotopic (exact) mass is 389 g/mol. The van der Waals surface area contributed by atoms with Crippen molar-refractivity contribution in [2.24, 2.45) is 0 Å². The van der Waals surface area contributed by atoms with E-state index in [9.17, 15) is 4.79 Å². The van der Waals surface area contributed by atoms with Gasteiger partial charge >= 0.3 is 0 Å². The molecule has 1 saturated heterocycles. The molecule has 6 heteroatoms. The molecule has 2 atom stereocenters. The Morgan fingerprint density at radius 3 is 2.73 bits per heavy atom. The molecule has 2 aromatic rings. The first kappa shape index (κ1) is 18.0. The topological polar surface area (TPSA) is 28.5 Å². The molecule has 4 nitrogen and oxygen atoms in total. The van der Waals surface area contributed by atoms with Crippen LogP contribution < -0.4 is 0 Å². The van der Waals surface area contributed by atoms with Gasteiger partial charge in [0.2, 0.25) is 5.91 Å². The molecule has 3 heterocycles. The molecule has 4 rings (SSSR count). The summed E-state index contributed by atoms with van der Waals surface area (Å²) in [6, 6.07) is 11.1. The van der Waals surface area contributed by atoms with Crippen LogP contribution in [0.1, 0.15) is 37.9 Å². The molecule has 0 radical (unpaired) electrons. The molecule has 1 aromatic heterocycles. The summed E-state index contributed by atoms with van der Waals surface area (Å²) in [5, 5.41) is 2.05. The smallest absolute Gasteiger partial charge is 0.222 e. The lowest BCUT2D eigenvalue weighted by Crippen LogP contribution is -2.50. The Balaban J connectivity index is 1.68. The minimum absolute atomic E-state index is 0.253. The van der Waals surface area contributed by atoms with E-state index < -0.39 is 0 Å². The SMILES string of the molecule is CCC(=O)N1CCN(C2c3cc(Cl)ccc3Sc3cccn3C2C)CC1. The predicted molar refractivity (Wildman–Crippen MR) is 106 cm³/mol. The summed E-state index contributed by atoms with van der Waals surface area (Å²) in [6.07, 6.45) is 2.76. The van der Waals surface area contributed by atoms with Crippen molar-refractivity contribution in [3.63, 3.8) is 0 Å². The normalized spacial score (nSPS) is 23.3. The zero-order valence-corrected chi connectivity index (χ0v) is 16.8. The molecular formula is C20H24ClN3OS. The molecule has 0 N–H and O–H groups in total. The van der Waals surface area contributed by atoms with E-state index in [-0.39, 0.29) is 11.9 Å². The van der Waals surface area contributed by atoms with E-state index in [1.165, 1.54) is 15.5 Å². The number of fused-ring (bicyclic) bond motifs is 2. The Morgan fingerprint density at radius 1 is 1.23 bits per heavy atom. The number of benzene rings is 1. The number of carbonyl (C=O) groups is 1. The van der Waals surface area contributed by atoms with Gasteiger partial charge in [-0.1, -0.05) is 30.3 Å². The zero-order valence-electron chi connectivity index (χ0n) is 15.2. The molecule has 0 saturated carbocycles. The van der Waals surface area contributed by atoms with Crippen molar-refractivity contribution < 1.29 is 4.79 Å². The summed E-state index contributed by atoms with van der Waals surface area (Å²) in [6.45, 7) is 7.62. The van der Waals surface area contributed by atoms with Gasteiger partial charge in [-0.15, -0.1) is 0 Å². The summed E-state index contributed by atoms with van der Waals surface area (Å²) >= 11 is 8.18. The number of halogens is 1. The van der Waals surface area contributed by atoms with Crippen LogP contribution in [0.3, 0.4) is 0 Å². The zero-order chi connectivity index (χ0) is 18.3. The predicted octanol–water partition coefficient (Wildman–Crippen LogP) is 4.46.